The molecule has 0 N–H and O–H groups in total. The van der Waals surface area contributed by atoms with Gasteiger partial charge in [0.05, 0.1) is 5.39 Å². The van der Waals surface area contributed by atoms with E-state index >= 15 is 0 Å². The lowest BCUT2D eigenvalue weighted by atomic mass is 9.86. The first-order valence-corrected chi connectivity index (χ1v) is 7.69. The van der Waals surface area contributed by atoms with Gasteiger partial charge in [-0.05, 0) is 51.8 Å². The molecule has 0 radical (unpaired) electrons. The summed E-state index contributed by atoms with van der Waals surface area (Å²) >= 11 is 2.31. The van der Waals surface area contributed by atoms with Gasteiger partial charge < -0.3 is 4.52 Å². The minimum Gasteiger partial charge on any atom is -0.356 e. The normalized spacial score (nSPS) is 12.0. The Bertz CT molecular complexity index is 751. The van der Waals surface area contributed by atoms with Gasteiger partial charge in [-0.1, -0.05) is 50.2 Å². The molecule has 3 heteroatoms. The van der Waals surface area contributed by atoms with E-state index in [0.717, 1.165) is 22.2 Å². The summed E-state index contributed by atoms with van der Waals surface area (Å²) in [6, 6.07) is 14.7. The molecule has 3 aromatic rings. The molecule has 0 spiro atoms. The molecule has 0 fully saturated rings. The third-order valence-corrected chi connectivity index (χ3v) is 4.13. The molecule has 0 atom stereocenters. The van der Waals surface area contributed by atoms with Gasteiger partial charge in [-0.3, -0.25) is 0 Å². The van der Waals surface area contributed by atoms with Crippen molar-refractivity contribution in [1.82, 2.24) is 5.16 Å². The average Bonchev–Trinajstić information content (AvgIpc) is 2.81. The first-order valence-electron chi connectivity index (χ1n) is 6.61. The van der Waals surface area contributed by atoms with E-state index in [2.05, 4.69) is 78.9 Å². The standard InChI is InChI=1S/C17H16INO/c1-17(2,3)12-6-4-11(5-7-12)16-14-10-13(18)8-9-15(14)20-19-16/h4-10H,1-3H3. The SMILES string of the molecule is CC(C)(C)c1ccc(-c2noc3ccc(I)cc23)cc1. The van der Waals surface area contributed by atoms with Crippen molar-refractivity contribution in [2.24, 2.45) is 0 Å². The number of hydrogen-bond acceptors (Lipinski definition) is 2. The number of fused-ring (bicyclic) bond motifs is 1. The van der Waals surface area contributed by atoms with Crippen LogP contribution in [0.1, 0.15) is 26.3 Å². The summed E-state index contributed by atoms with van der Waals surface area (Å²) in [4.78, 5) is 0. The van der Waals surface area contributed by atoms with E-state index in [1.54, 1.807) is 0 Å². The van der Waals surface area contributed by atoms with E-state index < -0.39 is 0 Å². The largest absolute Gasteiger partial charge is 0.356 e. The Morgan fingerprint density at radius 1 is 1.00 bits per heavy atom. The fourth-order valence-electron chi connectivity index (χ4n) is 2.25. The Labute approximate surface area is 132 Å². The predicted molar refractivity (Wildman–Crippen MR) is 90.9 cm³/mol. The molecule has 1 heterocycles. The first kappa shape index (κ1) is 13.6. The van der Waals surface area contributed by atoms with Crippen LogP contribution in [0.25, 0.3) is 22.2 Å². The number of rotatable bonds is 1. The molecule has 1 aromatic heterocycles. The Morgan fingerprint density at radius 2 is 1.70 bits per heavy atom. The average molecular weight is 377 g/mol. The molecule has 0 aliphatic heterocycles. The molecular weight excluding hydrogens is 361 g/mol. The van der Waals surface area contributed by atoms with E-state index in [4.69, 9.17) is 4.52 Å². The van der Waals surface area contributed by atoms with E-state index in [9.17, 15) is 0 Å². The monoisotopic (exact) mass is 377 g/mol. The Balaban J connectivity index is 2.09. The van der Waals surface area contributed by atoms with Crippen molar-refractivity contribution in [3.05, 3.63) is 51.6 Å². The summed E-state index contributed by atoms with van der Waals surface area (Å²) in [6.07, 6.45) is 0. The second-order valence-electron chi connectivity index (χ2n) is 6.00. The second-order valence-corrected chi connectivity index (χ2v) is 7.24. The van der Waals surface area contributed by atoms with E-state index in [-0.39, 0.29) is 5.41 Å². The predicted octanol–water partition coefficient (Wildman–Crippen LogP) is 5.40. The van der Waals surface area contributed by atoms with Crippen LogP contribution in [0.15, 0.2) is 47.0 Å². The molecule has 20 heavy (non-hydrogen) atoms. The van der Waals surface area contributed by atoms with Gasteiger partial charge in [0, 0.05) is 9.13 Å². The molecule has 0 unspecified atom stereocenters. The fourth-order valence-corrected chi connectivity index (χ4v) is 2.74. The van der Waals surface area contributed by atoms with Gasteiger partial charge in [0.25, 0.3) is 0 Å². The van der Waals surface area contributed by atoms with Gasteiger partial charge >= 0.3 is 0 Å². The third-order valence-electron chi connectivity index (χ3n) is 3.46. The van der Waals surface area contributed by atoms with Crippen LogP contribution in [0.5, 0.6) is 0 Å². The highest BCUT2D eigenvalue weighted by Gasteiger charge is 2.15. The number of aromatic nitrogens is 1. The molecule has 0 bridgehead atoms. The zero-order valence-electron chi connectivity index (χ0n) is 11.8. The van der Waals surface area contributed by atoms with Gasteiger partial charge in [0.2, 0.25) is 0 Å². The number of nitrogens with zero attached hydrogens (tertiary/aromatic N) is 1. The third kappa shape index (κ3) is 2.46. The van der Waals surface area contributed by atoms with Crippen LogP contribution in [0, 0.1) is 3.57 Å². The van der Waals surface area contributed by atoms with Crippen LogP contribution in [0.2, 0.25) is 0 Å². The molecular formula is C17H16INO. The fraction of sp³-hybridized carbons (Fsp3) is 0.235. The summed E-state index contributed by atoms with van der Waals surface area (Å²) in [5.74, 6) is 0. The Morgan fingerprint density at radius 3 is 2.35 bits per heavy atom. The highest BCUT2D eigenvalue weighted by Crippen LogP contribution is 2.31. The zero-order chi connectivity index (χ0) is 14.3. The van der Waals surface area contributed by atoms with Gasteiger partial charge in [-0.25, -0.2) is 0 Å². The molecule has 0 aliphatic rings. The molecule has 0 amide bonds. The van der Waals surface area contributed by atoms with E-state index in [1.165, 1.54) is 9.13 Å². The number of halogens is 1. The lowest BCUT2D eigenvalue weighted by molar-refractivity contribution is 0.459. The number of benzene rings is 2. The molecule has 0 aliphatic carbocycles. The van der Waals surface area contributed by atoms with Crippen LogP contribution in [0.4, 0.5) is 0 Å². The van der Waals surface area contributed by atoms with Crippen molar-refractivity contribution in [2.45, 2.75) is 26.2 Å². The zero-order valence-corrected chi connectivity index (χ0v) is 13.9. The summed E-state index contributed by atoms with van der Waals surface area (Å²) in [5.41, 5.74) is 4.33. The highest BCUT2D eigenvalue weighted by molar-refractivity contribution is 14.1. The quantitative estimate of drug-likeness (QED) is 0.531. The Kier molecular flexibility index (Phi) is 3.32. The van der Waals surface area contributed by atoms with Crippen LogP contribution in [-0.2, 0) is 5.41 Å². The summed E-state index contributed by atoms with van der Waals surface area (Å²) in [5, 5.41) is 5.29. The van der Waals surface area contributed by atoms with Gasteiger partial charge in [0.1, 0.15) is 5.69 Å². The van der Waals surface area contributed by atoms with Gasteiger partial charge in [0.15, 0.2) is 5.58 Å². The molecule has 0 saturated carbocycles. The summed E-state index contributed by atoms with van der Waals surface area (Å²) in [7, 11) is 0. The van der Waals surface area contributed by atoms with Crippen molar-refractivity contribution in [3.63, 3.8) is 0 Å². The summed E-state index contributed by atoms with van der Waals surface area (Å²) < 4.78 is 6.59. The Hall–Kier alpha value is -1.36. The molecule has 2 nitrogen and oxygen atoms in total. The van der Waals surface area contributed by atoms with E-state index in [0.29, 0.717) is 0 Å². The molecule has 3 rings (SSSR count). The second kappa shape index (κ2) is 4.88. The van der Waals surface area contributed by atoms with Gasteiger partial charge in [-0.2, -0.15) is 0 Å². The maximum Gasteiger partial charge on any atom is 0.167 e. The van der Waals surface area contributed by atoms with Crippen LogP contribution in [-0.4, -0.2) is 5.16 Å². The topological polar surface area (TPSA) is 26.0 Å². The van der Waals surface area contributed by atoms with E-state index in [1.807, 2.05) is 12.1 Å². The minimum absolute atomic E-state index is 0.166. The van der Waals surface area contributed by atoms with Crippen molar-refractivity contribution in [2.75, 3.05) is 0 Å². The maximum absolute atomic E-state index is 5.40. The maximum atomic E-state index is 5.40. The number of hydrogen-bond donors (Lipinski definition) is 0. The van der Waals surface area contributed by atoms with Crippen molar-refractivity contribution in [1.29, 1.82) is 0 Å². The van der Waals surface area contributed by atoms with Crippen molar-refractivity contribution in [3.8, 4) is 11.3 Å². The highest BCUT2D eigenvalue weighted by atomic mass is 127. The summed E-state index contributed by atoms with van der Waals surface area (Å²) in [6.45, 7) is 6.65. The van der Waals surface area contributed by atoms with Gasteiger partial charge in [-0.15, -0.1) is 0 Å². The smallest absolute Gasteiger partial charge is 0.167 e. The lowest BCUT2D eigenvalue weighted by Gasteiger charge is -2.18. The van der Waals surface area contributed by atoms with Crippen molar-refractivity contribution >= 4 is 33.6 Å². The van der Waals surface area contributed by atoms with Crippen LogP contribution in [0.3, 0.4) is 0 Å². The minimum atomic E-state index is 0.166. The van der Waals surface area contributed by atoms with Crippen LogP contribution < -0.4 is 0 Å². The molecule has 102 valence electrons. The molecule has 0 saturated heterocycles. The van der Waals surface area contributed by atoms with Crippen molar-refractivity contribution < 1.29 is 4.52 Å². The molecule has 2 aromatic carbocycles. The van der Waals surface area contributed by atoms with Crippen LogP contribution >= 0.6 is 22.6 Å². The lowest BCUT2D eigenvalue weighted by Crippen LogP contribution is -2.10. The first-order chi connectivity index (χ1) is 9.45.